The average molecular weight is 445 g/mol. The van der Waals surface area contributed by atoms with Crippen LogP contribution in [-0.2, 0) is 6.42 Å². The Balaban J connectivity index is 1.86. The van der Waals surface area contributed by atoms with Gasteiger partial charge >= 0.3 is 0 Å². The largest absolute Gasteiger partial charge is 0.496 e. The first-order chi connectivity index (χ1) is 16.1. The number of anilines is 1. The molecule has 2 heterocycles. The molecule has 33 heavy (non-hydrogen) atoms. The number of aromatic nitrogens is 2. The summed E-state index contributed by atoms with van der Waals surface area (Å²) in [5, 5.41) is 14.4. The Labute approximate surface area is 192 Å². The molecule has 8 heteroatoms. The lowest BCUT2D eigenvalue weighted by Gasteiger charge is -2.12. The molecule has 0 unspecified atom stereocenters. The molecule has 4 rings (SSSR count). The van der Waals surface area contributed by atoms with E-state index in [0.717, 1.165) is 45.6 Å². The highest BCUT2D eigenvalue weighted by Gasteiger charge is 2.24. The average Bonchev–Trinajstić information content (AvgIpc) is 3.22. The summed E-state index contributed by atoms with van der Waals surface area (Å²) in [5.74, 6) is 2.56. The van der Waals surface area contributed by atoms with Crippen molar-refractivity contribution in [2.24, 2.45) is 5.10 Å². The molecule has 2 N–H and O–H groups in total. The first-order valence-corrected chi connectivity index (χ1v) is 10.5. The highest BCUT2D eigenvalue weighted by Crippen LogP contribution is 2.34. The minimum absolute atomic E-state index is 0.575. The molecule has 0 amide bonds. The maximum Gasteiger partial charge on any atom is 0.253 e. The zero-order valence-electron chi connectivity index (χ0n) is 19.3. The Hall–Kier alpha value is -4.25. The van der Waals surface area contributed by atoms with E-state index in [1.807, 2.05) is 41.7 Å². The second-order valence-electron chi connectivity index (χ2n) is 7.44. The molecular formula is C25H26N5O3+. The number of hydrogen-bond donors (Lipinski definition) is 2. The monoisotopic (exact) mass is 444 g/mol. The lowest BCUT2D eigenvalue weighted by atomic mass is 10.0. The minimum atomic E-state index is 0.575. The van der Waals surface area contributed by atoms with Gasteiger partial charge in [0.25, 0.3) is 5.82 Å². The number of hydrazone groups is 1. The number of methoxy groups -OCH3 is 3. The van der Waals surface area contributed by atoms with Gasteiger partial charge in [-0.1, -0.05) is 19.1 Å². The number of nitrogens with zero attached hydrogens (tertiary/aromatic N) is 3. The number of pyridine rings is 1. The summed E-state index contributed by atoms with van der Waals surface area (Å²) in [5.41, 5.74) is 9.14. The van der Waals surface area contributed by atoms with Crippen LogP contribution in [0.1, 0.15) is 29.2 Å². The van der Waals surface area contributed by atoms with E-state index in [4.69, 9.17) is 14.2 Å². The number of para-hydroxylation sites is 2. The lowest BCUT2D eigenvalue weighted by molar-refractivity contribution is -0.465. The van der Waals surface area contributed by atoms with Crippen LogP contribution in [0, 0.1) is 18.3 Å². The zero-order chi connectivity index (χ0) is 23.5. The number of nitriles is 1. The number of rotatable bonds is 7. The van der Waals surface area contributed by atoms with Crippen LogP contribution in [0.5, 0.6) is 17.2 Å². The van der Waals surface area contributed by atoms with Crippen molar-refractivity contribution in [2.45, 2.75) is 20.3 Å². The summed E-state index contributed by atoms with van der Waals surface area (Å²) in [6, 6.07) is 13.9. The number of benzene rings is 2. The third-order valence-electron chi connectivity index (χ3n) is 5.77. The molecule has 0 aliphatic carbocycles. The van der Waals surface area contributed by atoms with Crippen molar-refractivity contribution in [3.8, 4) is 23.3 Å². The molecule has 0 saturated heterocycles. The topological polar surface area (TPSA) is 95.8 Å². The Kier molecular flexibility index (Phi) is 6.05. The molecule has 0 atom stereocenters. The first kappa shape index (κ1) is 22.0. The fourth-order valence-corrected chi connectivity index (χ4v) is 4.13. The second kappa shape index (κ2) is 9.09. The van der Waals surface area contributed by atoms with Gasteiger partial charge in [0.15, 0.2) is 11.5 Å². The van der Waals surface area contributed by atoms with Gasteiger partial charge in [-0.2, -0.15) is 15.1 Å². The summed E-state index contributed by atoms with van der Waals surface area (Å²) < 4.78 is 18.3. The van der Waals surface area contributed by atoms with Crippen molar-refractivity contribution in [2.75, 3.05) is 26.8 Å². The third-order valence-corrected chi connectivity index (χ3v) is 5.77. The van der Waals surface area contributed by atoms with E-state index in [2.05, 4.69) is 28.5 Å². The van der Waals surface area contributed by atoms with Crippen molar-refractivity contribution >= 4 is 28.7 Å². The molecule has 0 spiro atoms. The molecule has 8 nitrogen and oxygen atoms in total. The number of aromatic amines is 1. The molecule has 2 aromatic carbocycles. The van der Waals surface area contributed by atoms with E-state index in [1.165, 1.54) is 0 Å². The zero-order valence-corrected chi connectivity index (χ0v) is 19.3. The summed E-state index contributed by atoms with van der Waals surface area (Å²) in [6.07, 6.45) is 2.41. The molecule has 0 aliphatic heterocycles. The number of fused-ring (bicyclic) bond motifs is 3. The van der Waals surface area contributed by atoms with Crippen molar-refractivity contribution < 1.29 is 18.6 Å². The van der Waals surface area contributed by atoms with E-state index >= 15 is 0 Å². The number of imidazole rings is 1. The van der Waals surface area contributed by atoms with Crippen LogP contribution in [-0.4, -0.2) is 32.5 Å². The maximum absolute atomic E-state index is 9.86. The predicted octanol–water partition coefficient (Wildman–Crippen LogP) is 4.12. The van der Waals surface area contributed by atoms with Crippen LogP contribution in [0.4, 0.5) is 5.82 Å². The van der Waals surface area contributed by atoms with Gasteiger partial charge in [0.2, 0.25) is 5.65 Å². The normalized spacial score (nSPS) is 11.2. The lowest BCUT2D eigenvalue weighted by Crippen LogP contribution is -2.28. The Morgan fingerprint density at radius 2 is 1.79 bits per heavy atom. The van der Waals surface area contributed by atoms with Gasteiger partial charge < -0.3 is 14.2 Å². The van der Waals surface area contributed by atoms with E-state index in [1.54, 1.807) is 33.6 Å². The van der Waals surface area contributed by atoms with Gasteiger partial charge in [-0.3, -0.25) is 4.98 Å². The van der Waals surface area contributed by atoms with Crippen LogP contribution >= 0.6 is 0 Å². The summed E-state index contributed by atoms with van der Waals surface area (Å²) in [6.45, 7) is 4.03. The molecule has 168 valence electrons. The van der Waals surface area contributed by atoms with E-state index in [0.29, 0.717) is 22.8 Å². The first-order valence-electron chi connectivity index (χ1n) is 10.5. The molecule has 0 fully saturated rings. The number of H-pyrrole nitrogens is 1. The van der Waals surface area contributed by atoms with Crippen LogP contribution in [0.2, 0.25) is 0 Å². The van der Waals surface area contributed by atoms with Gasteiger partial charge in [-0.05, 0) is 37.1 Å². The number of nitrogens with one attached hydrogen (secondary N) is 2. The Morgan fingerprint density at radius 1 is 1.09 bits per heavy atom. The molecular weight excluding hydrogens is 418 g/mol. The van der Waals surface area contributed by atoms with Crippen molar-refractivity contribution in [3.05, 3.63) is 58.7 Å². The second-order valence-corrected chi connectivity index (χ2v) is 7.44. The Bertz CT molecular complexity index is 1420. The van der Waals surface area contributed by atoms with Crippen LogP contribution in [0.3, 0.4) is 0 Å². The van der Waals surface area contributed by atoms with Crippen LogP contribution < -0.4 is 24.0 Å². The van der Waals surface area contributed by atoms with Crippen molar-refractivity contribution in [1.29, 1.82) is 5.26 Å². The highest BCUT2D eigenvalue weighted by atomic mass is 16.5. The summed E-state index contributed by atoms with van der Waals surface area (Å²) in [4.78, 5) is 3.38. The fraction of sp³-hybridized carbons (Fsp3) is 0.240. The van der Waals surface area contributed by atoms with Gasteiger partial charge in [-0.25, -0.2) is 0 Å². The number of ether oxygens (including phenoxy) is 3. The van der Waals surface area contributed by atoms with Gasteiger partial charge in [-0.15, -0.1) is 5.10 Å². The summed E-state index contributed by atoms with van der Waals surface area (Å²) in [7, 11) is 4.76. The van der Waals surface area contributed by atoms with Gasteiger partial charge in [0.1, 0.15) is 28.4 Å². The summed E-state index contributed by atoms with van der Waals surface area (Å²) >= 11 is 0. The molecule has 0 saturated carbocycles. The van der Waals surface area contributed by atoms with E-state index in [-0.39, 0.29) is 0 Å². The smallest absolute Gasteiger partial charge is 0.253 e. The van der Waals surface area contributed by atoms with E-state index in [9.17, 15) is 5.26 Å². The fourth-order valence-electron chi connectivity index (χ4n) is 4.13. The quantitative estimate of drug-likeness (QED) is 0.254. The van der Waals surface area contributed by atoms with Gasteiger partial charge in [0.05, 0.1) is 27.5 Å². The number of hydrogen-bond acceptors (Lipinski definition) is 6. The highest BCUT2D eigenvalue weighted by molar-refractivity contribution is 5.86. The Morgan fingerprint density at radius 3 is 2.45 bits per heavy atom. The van der Waals surface area contributed by atoms with Crippen molar-refractivity contribution in [1.82, 2.24) is 4.98 Å². The van der Waals surface area contributed by atoms with E-state index < -0.39 is 0 Å². The molecule has 2 aromatic heterocycles. The van der Waals surface area contributed by atoms with Crippen molar-refractivity contribution in [3.63, 3.8) is 0 Å². The minimum Gasteiger partial charge on any atom is -0.496 e. The van der Waals surface area contributed by atoms with Crippen LogP contribution in [0.25, 0.3) is 16.7 Å². The maximum atomic E-state index is 9.86. The standard InChI is InChI=1S/C25H25N5O3/c1-6-17-15(2)18(13-26)24-28-19-9-7-8-10-20(19)30(24)25(17)29-27-14-16-11-22(32-4)23(33-5)12-21(16)31-3/h7-12,14H,6H2,1-5H3,(H,28,29)/p+1. The molecule has 0 bridgehead atoms. The third kappa shape index (κ3) is 3.68. The SMILES string of the molecule is CCc1c(C)c(C#N)c2[nH]c3ccccc3[n+]2c1NN=Cc1cc(OC)c(OC)cc1OC. The molecule has 0 aliphatic rings. The van der Waals surface area contributed by atoms with Crippen LogP contribution in [0.15, 0.2) is 41.5 Å². The molecule has 4 aromatic rings. The molecule has 0 radical (unpaired) electrons. The van der Waals surface area contributed by atoms with Gasteiger partial charge in [0, 0.05) is 17.2 Å². The predicted molar refractivity (Wildman–Crippen MR) is 128 cm³/mol.